The van der Waals surface area contributed by atoms with E-state index in [2.05, 4.69) is 33.5 Å². The third-order valence-corrected chi connectivity index (χ3v) is 3.28. The third kappa shape index (κ3) is 2.45. The lowest BCUT2D eigenvalue weighted by Gasteiger charge is -2.10. The van der Waals surface area contributed by atoms with E-state index in [9.17, 15) is 0 Å². The molecule has 3 rings (SSSR count). The number of aromatic amines is 1. The van der Waals surface area contributed by atoms with Crippen molar-refractivity contribution in [2.45, 2.75) is 13.5 Å². The minimum atomic E-state index is 0.709. The number of H-pyrrole nitrogens is 1. The summed E-state index contributed by atoms with van der Waals surface area (Å²) in [7, 11) is 1.69. The van der Waals surface area contributed by atoms with Crippen LogP contribution in [0.25, 0.3) is 11.0 Å². The number of ether oxygens (including phenoxy) is 1. The lowest BCUT2D eigenvalue weighted by Crippen LogP contribution is -2.01. The summed E-state index contributed by atoms with van der Waals surface area (Å²) in [5.41, 5.74) is 4.17. The van der Waals surface area contributed by atoms with Crippen LogP contribution in [-0.2, 0) is 6.54 Å². The summed E-state index contributed by atoms with van der Waals surface area (Å²) in [5, 5.41) is 4.50. The summed E-state index contributed by atoms with van der Waals surface area (Å²) in [6.45, 7) is 2.74. The van der Waals surface area contributed by atoms with Crippen LogP contribution < -0.4 is 10.1 Å². The van der Waals surface area contributed by atoms with Gasteiger partial charge in [0.1, 0.15) is 11.4 Å². The number of hydrogen-bond acceptors (Lipinski definition) is 3. The van der Waals surface area contributed by atoms with Crippen molar-refractivity contribution in [2.75, 3.05) is 12.4 Å². The van der Waals surface area contributed by atoms with Gasteiger partial charge in [-0.05, 0) is 25.1 Å². The predicted octanol–water partition coefficient (Wildman–Crippen LogP) is 3.49. The average Bonchev–Trinajstić information content (AvgIpc) is 2.84. The number of fused-ring (bicyclic) bond motifs is 1. The molecule has 0 atom stereocenters. The third-order valence-electron chi connectivity index (χ3n) is 3.28. The summed E-state index contributed by atoms with van der Waals surface area (Å²) in [5.74, 6) is 0.895. The molecule has 0 aliphatic heterocycles. The molecule has 0 unspecified atom stereocenters. The minimum absolute atomic E-state index is 0.709. The Labute approximate surface area is 117 Å². The number of aryl methyl sites for hydroxylation is 1. The second-order valence-electron chi connectivity index (χ2n) is 4.78. The number of aromatic nitrogens is 2. The van der Waals surface area contributed by atoms with Crippen LogP contribution in [0.15, 0.2) is 42.6 Å². The Hall–Kier alpha value is -2.49. The number of pyridine rings is 1. The van der Waals surface area contributed by atoms with Crippen LogP contribution in [-0.4, -0.2) is 17.1 Å². The molecular weight excluding hydrogens is 250 g/mol. The van der Waals surface area contributed by atoms with Crippen molar-refractivity contribution in [3.8, 4) is 5.75 Å². The molecule has 0 aliphatic carbocycles. The standard InChI is InChI=1S/C16H17N3O/c1-11-7-13-8-14(10-18-16(13)19-11)17-9-12-5-3-4-6-15(12)20-2/h3-8,10,17H,9H2,1-2H3,(H,18,19). The summed E-state index contributed by atoms with van der Waals surface area (Å²) in [6.07, 6.45) is 1.84. The fourth-order valence-corrected chi connectivity index (χ4v) is 2.30. The van der Waals surface area contributed by atoms with Gasteiger partial charge in [0.05, 0.1) is 19.0 Å². The van der Waals surface area contributed by atoms with E-state index in [-0.39, 0.29) is 0 Å². The molecule has 2 heterocycles. The number of para-hydroxylation sites is 1. The molecule has 20 heavy (non-hydrogen) atoms. The second kappa shape index (κ2) is 5.25. The molecule has 0 spiro atoms. The Kier molecular flexibility index (Phi) is 3.29. The van der Waals surface area contributed by atoms with E-state index in [1.165, 1.54) is 0 Å². The zero-order chi connectivity index (χ0) is 13.9. The first-order chi connectivity index (χ1) is 9.76. The van der Waals surface area contributed by atoms with Crippen molar-refractivity contribution in [1.29, 1.82) is 0 Å². The molecular formula is C16H17N3O. The molecule has 0 bridgehead atoms. The van der Waals surface area contributed by atoms with Crippen LogP contribution in [0, 0.1) is 6.92 Å². The fraction of sp³-hybridized carbons (Fsp3) is 0.188. The van der Waals surface area contributed by atoms with Crippen molar-refractivity contribution >= 4 is 16.7 Å². The van der Waals surface area contributed by atoms with Gasteiger partial charge in [-0.2, -0.15) is 0 Å². The highest BCUT2D eigenvalue weighted by atomic mass is 16.5. The lowest BCUT2D eigenvalue weighted by atomic mass is 10.2. The molecule has 4 heteroatoms. The Morgan fingerprint density at radius 1 is 1.25 bits per heavy atom. The van der Waals surface area contributed by atoms with Gasteiger partial charge in [-0.1, -0.05) is 18.2 Å². The van der Waals surface area contributed by atoms with Crippen LogP contribution in [0.5, 0.6) is 5.75 Å². The molecule has 0 aliphatic rings. The Bertz CT molecular complexity index is 733. The van der Waals surface area contributed by atoms with Crippen LogP contribution in [0.3, 0.4) is 0 Å². The molecule has 4 nitrogen and oxygen atoms in total. The first-order valence-corrected chi connectivity index (χ1v) is 6.57. The summed E-state index contributed by atoms with van der Waals surface area (Å²) < 4.78 is 5.35. The van der Waals surface area contributed by atoms with Gasteiger partial charge >= 0.3 is 0 Å². The Morgan fingerprint density at radius 2 is 2.10 bits per heavy atom. The van der Waals surface area contributed by atoms with Gasteiger partial charge in [0.25, 0.3) is 0 Å². The van der Waals surface area contributed by atoms with Gasteiger partial charge < -0.3 is 15.0 Å². The minimum Gasteiger partial charge on any atom is -0.496 e. The van der Waals surface area contributed by atoms with Crippen molar-refractivity contribution in [3.05, 3.63) is 53.9 Å². The molecule has 2 aromatic heterocycles. The molecule has 0 radical (unpaired) electrons. The van der Waals surface area contributed by atoms with Crippen molar-refractivity contribution in [3.63, 3.8) is 0 Å². The van der Waals surface area contributed by atoms with Gasteiger partial charge in [0, 0.05) is 23.2 Å². The van der Waals surface area contributed by atoms with Crippen molar-refractivity contribution < 1.29 is 4.74 Å². The fourth-order valence-electron chi connectivity index (χ4n) is 2.30. The number of benzene rings is 1. The molecule has 2 N–H and O–H groups in total. The highest BCUT2D eigenvalue weighted by molar-refractivity contribution is 5.79. The van der Waals surface area contributed by atoms with Crippen molar-refractivity contribution in [1.82, 2.24) is 9.97 Å². The monoisotopic (exact) mass is 267 g/mol. The summed E-state index contributed by atoms with van der Waals surface area (Å²) >= 11 is 0. The van der Waals surface area contributed by atoms with Gasteiger partial charge in [-0.3, -0.25) is 0 Å². The highest BCUT2D eigenvalue weighted by Gasteiger charge is 2.03. The van der Waals surface area contributed by atoms with Gasteiger partial charge in [0.15, 0.2) is 0 Å². The molecule has 0 saturated carbocycles. The number of hydrogen-bond donors (Lipinski definition) is 2. The molecule has 0 amide bonds. The Morgan fingerprint density at radius 3 is 2.95 bits per heavy atom. The summed E-state index contributed by atoms with van der Waals surface area (Å²) in [4.78, 5) is 7.63. The number of methoxy groups -OCH3 is 1. The van der Waals surface area contributed by atoms with Gasteiger partial charge in [0.2, 0.25) is 0 Å². The lowest BCUT2D eigenvalue weighted by molar-refractivity contribution is 0.410. The number of nitrogens with zero attached hydrogens (tertiary/aromatic N) is 1. The maximum atomic E-state index is 5.35. The van der Waals surface area contributed by atoms with E-state index in [0.29, 0.717) is 6.54 Å². The highest BCUT2D eigenvalue weighted by Crippen LogP contribution is 2.21. The van der Waals surface area contributed by atoms with Crippen molar-refractivity contribution in [2.24, 2.45) is 0 Å². The van der Waals surface area contributed by atoms with Gasteiger partial charge in [-0.15, -0.1) is 0 Å². The maximum absolute atomic E-state index is 5.35. The average molecular weight is 267 g/mol. The second-order valence-corrected chi connectivity index (χ2v) is 4.78. The number of nitrogens with one attached hydrogen (secondary N) is 2. The summed E-state index contributed by atoms with van der Waals surface area (Å²) in [6, 6.07) is 12.2. The SMILES string of the molecule is COc1ccccc1CNc1cnc2[nH]c(C)cc2c1. The largest absolute Gasteiger partial charge is 0.496 e. The zero-order valence-corrected chi connectivity index (χ0v) is 11.6. The van der Waals surface area contributed by atoms with Gasteiger partial charge in [-0.25, -0.2) is 4.98 Å². The van der Waals surface area contributed by atoms with E-state index in [1.54, 1.807) is 7.11 Å². The predicted molar refractivity (Wildman–Crippen MR) is 81.2 cm³/mol. The smallest absolute Gasteiger partial charge is 0.137 e. The molecule has 1 aromatic carbocycles. The quantitative estimate of drug-likeness (QED) is 0.760. The molecule has 0 saturated heterocycles. The van der Waals surface area contributed by atoms with E-state index in [1.807, 2.05) is 31.3 Å². The molecule has 0 fully saturated rings. The van der Waals surface area contributed by atoms with Crippen LogP contribution in [0.4, 0.5) is 5.69 Å². The molecule has 3 aromatic rings. The van der Waals surface area contributed by atoms with Crippen LogP contribution in [0.2, 0.25) is 0 Å². The first-order valence-electron chi connectivity index (χ1n) is 6.57. The molecule has 102 valence electrons. The number of anilines is 1. The van der Waals surface area contributed by atoms with E-state index in [0.717, 1.165) is 33.7 Å². The normalized spacial score (nSPS) is 10.7. The zero-order valence-electron chi connectivity index (χ0n) is 11.6. The topological polar surface area (TPSA) is 49.9 Å². The van der Waals surface area contributed by atoms with Crippen LogP contribution >= 0.6 is 0 Å². The number of rotatable bonds is 4. The van der Waals surface area contributed by atoms with E-state index < -0.39 is 0 Å². The first kappa shape index (κ1) is 12.5. The van der Waals surface area contributed by atoms with E-state index in [4.69, 9.17) is 4.74 Å². The maximum Gasteiger partial charge on any atom is 0.137 e. The van der Waals surface area contributed by atoms with Crippen LogP contribution in [0.1, 0.15) is 11.3 Å². The van der Waals surface area contributed by atoms with E-state index >= 15 is 0 Å². The Balaban J connectivity index is 1.79.